The number of H-pyrrole nitrogens is 1. The molecule has 3 N–H and O–H groups in total. The number of nitrogens with one attached hydrogen (secondary N) is 3. The molecule has 3 heterocycles. The number of hydrogen-bond acceptors (Lipinski definition) is 5. The maximum atomic E-state index is 13.8. The number of piperidine rings is 1. The van der Waals surface area contributed by atoms with Gasteiger partial charge in [0.1, 0.15) is 17.0 Å². The van der Waals surface area contributed by atoms with Crippen LogP contribution in [0.1, 0.15) is 24.1 Å². The quantitative estimate of drug-likeness (QED) is 0.468. The molecule has 2 aromatic carbocycles. The molecule has 196 valence electrons. The van der Waals surface area contributed by atoms with E-state index in [2.05, 4.69) is 26.4 Å². The van der Waals surface area contributed by atoms with Crippen LogP contribution in [0.15, 0.2) is 48.5 Å². The number of carbonyl (C=O) groups excluding carboxylic acids is 2. The average Bonchev–Trinajstić information content (AvgIpc) is 3.25. The van der Waals surface area contributed by atoms with Gasteiger partial charge in [0.05, 0.1) is 6.54 Å². The van der Waals surface area contributed by atoms with Crippen LogP contribution in [0.2, 0.25) is 0 Å². The van der Waals surface area contributed by atoms with E-state index in [1.165, 1.54) is 23.1 Å². The summed E-state index contributed by atoms with van der Waals surface area (Å²) in [5.41, 5.74) is 2.22. The zero-order chi connectivity index (χ0) is 26.0. The second-order valence-corrected chi connectivity index (χ2v) is 9.29. The third kappa shape index (κ3) is 5.51. The van der Waals surface area contributed by atoms with Gasteiger partial charge in [-0.3, -0.25) is 9.59 Å². The van der Waals surface area contributed by atoms with Gasteiger partial charge in [-0.1, -0.05) is 18.2 Å². The van der Waals surface area contributed by atoms with Gasteiger partial charge in [-0.15, -0.1) is 13.2 Å². The molecule has 1 saturated heterocycles. The van der Waals surface area contributed by atoms with Crippen LogP contribution >= 0.6 is 0 Å². The molecule has 0 aliphatic carbocycles. The van der Waals surface area contributed by atoms with Crippen LogP contribution in [0.25, 0.3) is 10.9 Å². The number of fused-ring (bicyclic) bond motifs is 3. The van der Waals surface area contributed by atoms with E-state index in [1.807, 2.05) is 18.2 Å². The molecule has 0 radical (unpaired) electrons. The van der Waals surface area contributed by atoms with Crippen molar-refractivity contribution >= 4 is 22.7 Å². The Labute approximate surface area is 211 Å². The highest BCUT2D eigenvalue weighted by Crippen LogP contribution is 2.30. The van der Waals surface area contributed by atoms with E-state index in [1.54, 1.807) is 4.90 Å². The van der Waals surface area contributed by atoms with Crippen molar-refractivity contribution in [2.75, 3.05) is 26.2 Å². The zero-order valence-electron chi connectivity index (χ0n) is 20.0. The molecular weight excluding hydrogens is 489 g/mol. The average molecular weight is 517 g/mol. The number of carbonyl (C=O) groups is 2. The molecule has 11 heteroatoms. The van der Waals surface area contributed by atoms with Crippen LogP contribution in [0.3, 0.4) is 0 Å². The molecule has 0 bridgehead atoms. The Balaban J connectivity index is 1.24. The van der Waals surface area contributed by atoms with E-state index >= 15 is 0 Å². The summed E-state index contributed by atoms with van der Waals surface area (Å²) < 4.78 is 46.3. The highest BCUT2D eigenvalue weighted by molar-refractivity contribution is 5.93. The van der Waals surface area contributed by atoms with Gasteiger partial charge >= 0.3 is 6.36 Å². The number of aromatic nitrogens is 1. The highest BCUT2D eigenvalue weighted by atomic mass is 19.4. The molecule has 8 nitrogen and oxygen atoms in total. The zero-order valence-corrected chi connectivity index (χ0v) is 20.0. The molecule has 0 saturated carbocycles. The molecule has 0 spiro atoms. The highest BCUT2D eigenvalue weighted by Gasteiger charge is 2.44. The van der Waals surface area contributed by atoms with Crippen molar-refractivity contribution in [3.63, 3.8) is 0 Å². The Kier molecular flexibility index (Phi) is 6.72. The lowest BCUT2D eigenvalue weighted by atomic mass is 9.85. The lowest BCUT2D eigenvalue weighted by molar-refractivity contribution is -0.274. The van der Waals surface area contributed by atoms with Crippen LogP contribution in [-0.4, -0.2) is 59.8 Å². The predicted molar refractivity (Wildman–Crippen MR) is 129 cm³/mol. The molecule has 0 unspecified atom stereocenters. The van der Waals surface area contributed by atoms with Crippen molar-refractivity contribution in [3.8, 4) is 11.5 Å². The smallest absolute Gasteiger partial charge is 0.484 e. The normalized spacial score (nSPS) is 17.2. The van der Waals surface area contributed by atoms with Gasteiger partial charge in [0.25, 0.3) is 5.91 Å². The standard InChI is InChI=1S/C26H27F3N4O4/c27-26(28,29)37-18-7-5-17(6-8-18)36-16-23(34)32-25(10-12-30-13-11-25)24(35)33-14-9-20-19-3-1-2-4-21(19)31-22(20)15-33/h1-8,30-31H,9-16H2,(H,32,34). The molecule has 1 aromatic heterocycles. The number of rotatable bonds is 6. The summed E-state index contributed by atoms with van der Waals surface area (Å²) in [7, 11) is 0. The summed E-state index contributed by atoms with van der Waals surface area (Å²) in [4.78, 5) is 31.8. The summed E-state index contributed by atoms with van der Waals surface area (Å²) in [6, 6.07) is 12.8. The second kappa shape index (κ2) is 9.97. The molecule has 0 atom stereocenters. The number of para-hydroxylation sites is 1. The maximum Gasteiger partial charge on any atom is 0.573 e. The Morgan fingerprint density at radius 3 is 2.46 bits per heavy atom. The first-order valence-corrected chi connectivity index (χ1v) is 12.1. The van der Waals surface area contributed by atoms with Crippen molar-refractivity contribution in [3.05, 3.63) is 59.8 Å². The monoisotopic (exact) mass is 516 g/mol. The topological polar surface area (TPSA) is 95.7 Å². The van der Waals surface area contributed by atoms with Gasteiger partial charge in [0, 0.05) is 23.1 Å². The second-order valence-electron chi connectivity index (χ2n) is 9.29. The number of nitrogens with zero attached hydrogens (tertiary/aromatic N) is 1. The summed E-state index contributed by atoms with van der Waals surface area (Å²) >= 11 is 0. The largest absolute Gasteiger partial charge is 0.573 e. The summed E-state index contributed by atoms with van der Waals surface area (Å²) in [6.07, 6.45) is -3.18. The lowest BCUT2D eigenvalue weighted by Gasteiger charge is -2.41. The van der Waals surface area contributed by atoms with Crippen molar-refractivity contribution in [1.82, 2.24) is 20.5 Å². The Morgan fingerprint density at radius 2 is 1.73 bits per heavy atom. The van der Waals surface area contributed by atoms with E-state index in [4.69, 9.17) is 4.74 Å². The number of halogens is 3. The molecule has 2 amide bonds. The van der Waals surface area contributed by atoms with E-state index in [0.717, 1.165) is 29.8 Å². The Hall–Kier alpha value is -3.73. The number of ether oxygens (including phenoxy) is 2. The molecule has 37 heavy (non-hydrogen) atoms. The predicted octanol–water partition coefficient (Wildman–Crippen LogP) is 3.27. The van der Waals surface area contributed by atoms with Gasteiger partial charge in [-0.25, -0.2) is 0 Å². The van der Waals surface area contributed by atoms with Crippen molar-refractivity contribution in [2.45, 2.75) is 37.7 Å². The first-order chi connectivity index (χ1) is 17.7. The summed E-state index contributed by atoms with van der Waals surface area (Å²) in [6.45, 7) is 1.78. The van der Waals surface area contributed by atoms with Crippen molar-refractivity contribution in [1.29, 1.82) is 0 Å². The van der Waals surface area contributed by atoms with E-state index < -0.39 is 17.8 Å². The van der Waals surface area contributed by atoms with E-state index in [0.29, 0.717) is 39.0 Å². The fraction of sp³-hybridized carbons (Fsp3) is 0.385. The van der Waals surface area contributed by atoms with E-state index in [-0.39, 0.29) is 24.0 Å². The van der Waals surface area contributed by atoms with Crippen LogP contribution < -0.4 is 20.1 Å². The molecule has 3 aromatic rings. The lowest BCUT2D eigenvalue weighted by Crippen LogP contribution is -2.64. The third-order valence-electron chi connectivity index (χ3n) is 6.84. The number of alkyl halides is 3. The van der Waals surface area contributed by atoms with Crippen LogP contribution in [0.4, 0.5) is 13.2 Å². The van der Waals surface area contributed by atoms with Gasteiger partial charge in [-0.2, -0.15) is 0 Å². The van der Waals surface area contributed by atoms with Crippen LogP contribution in [0.5, 0.6) is 11.5 Å². The fourth-order valence-electron chi connectivity index (χ4n) is 5.10. The molecule has 1 fully saturated rings. The van der Waals surface area contributed by atoms with Gasteiger partial charge < -0.3 is 30.0 Å². The van der Waals surface area contributed by atoms with E-state index in [9.17, 15) is 22.8 Å². The maximum absolute atomic E-state index is 13.8. The van der Waals surface area contributed by atoms with Crippen LogP contribution in [0, 0.1) is 0 Å². The summed E-state index contributed by atoms with van der Waals surface area (Å²) in [5, 5.41) is 7.32. The minimum Gasteiger partial charge on any atom is -0.484 e. The molecule has 2 aliphatic heterocycles. The van der Waals surface area contributed by atoms with Crippen molar-refractivity contribution < 1.29 is 32.2 Å². The van der Waals surface area contributed by atoms with Gasteiger partial charge in [0.15, 0.2) is 6.61 Å². The number of aromatic amines is 1. The fourth-order valence-corrected chi connectivity index (χ4v) is 5.10. The Bertz CT molecular complexity index is 1280. The Morgan fingerprint density at radius 1 is 1.03 bits per heavy atom. The van der Waals surface area contributed by atoms with Gasteiger partial charge in [-0.05, 0) is 68.2 Å². The minimum atomic E-state index is -4.79. The number of hydrogen-bond donors (Lipinski definition) is 3. The number of benzene rings is 2. The van der Waals surface area contributed by atoms with Crippen molar-refractivity contribution in [2.24, 2.45) is 0 Å². The minimum absolute atomic E-state index is 0.125. The SMILES string of the molecule is O=C(COc1ccc(OC(F)(F)F)cc1)NC1(C(=O)N2CCc3c([nH]c4ccccc34)C2)CCNCC1. The summed E-state index contributed by atoms with van der Waals surface area (Å²) in [5.74, 6) is -0.782. The van der Waals surface area contributed by atoms with Crippen LogP contribution in [-0.2, 0) is 22.6 Å². The molecular formula is C26H27F3N4O4. The number of amides is 2. The molecule has 2 aliphatic rings. The molecule has 5 rings (SSSR count). The third-order valence-corrected chi connectivity index (χ3v) is 6.84. The first-order valence-electron chi connectivity index (χ1n) is 12.1. The first kappa shape index (κ1) is 24.9. The van der Waals surface area contributed by atoms with Gasteiger partial charge in [0.2, 0.25) is 5.91 Å².